The van der Waals surface area contributed by atoms with Crippen molar-refractivity contribution in [3.63, 3.8) is 0 Å². The Bertz CT molecular complexity index is 405. The Hall–Kier alpha value is -1.06. The van der Waals surface area contributed by atoms with E-state index >= 15 is 0 Å². The van der Waals surface area contributed by atoms with Crippen LogP contribution < -0.4 is 0 Å². The van der Waals surface area contributed by atoms with Crippen LogP contribution in [0.2, 0.25) is 0 Å². The molecule has 1 aliphatic carbocycles. The first-order chi connectivity index (χ1) is 11.9. The molecule has 0 radical (unpaired) electrons. The zero-order chi connectivity index (χ0) is 18.8. The van der Waals surface area contributed by atoms with Crippen molar-refractivity contribution in [1.82, 2.24) is 0 Å². The molecule has 0 aromatic rings. The molecule has 0 aliphatic heterocycles. The first kappa shape index (κ1) is 22.0. The Balaban J connectivity index is 2.38. The highest BCUT2D eigenvalue weighted by Crippen LogP contribution is 2.38. The van der Waals surface area contributed by atoms with Gasteiger partial charge < -0.3 is 9.47 Å². The van der Waals surface area contributed by atoms with E-state index in [0.29, 0.717) is 5.92 Å². The van der Waals surface area contributed by atoms with Crippen LogP contribution in [0.4, 0.5) is 0 Å². The number of carbonyl (C=O) groups excluding carboxylic acids is 2. The second-order valence-corrected chi connectivity index (χ2v) is 8.30. The summed E-state index contributed by atoms with van der Waals surface area (Å²) in [5, 5.41) is 0. The van der Waals surface area contributed by atoms with Gasteiger partial charge in [-0.25, -0.2) is 0 Å². The Labute approximate surface area is 154 Å². The van der Waals surface area contributed by atoms with Gasteiger partial charge in [0.25, 0.3) is 0 Å². The minimum atomic E-state index is -0.334. The monoisotopic (exact) mass is 354 g/mol. The summed E-state index contributed by atoms with van der Waals surface area (Å²) in [5.41, 5.74) is 0. The third-order valence-corrected chi connectivity index (χ3v) is 5.75. The highest BCUT2D eigenvalue weighted by Gasteiger charge is 2.40. The van der Waals surface area contributed by atoms with Crippen LogP contribution in [0.5, 0.6) is 0 Å². The van der Waals surface area contributed by atoms with E-state index in [-0.39, 0.29) is 23.8 Å². The van der Waals surface area contributed by atoms with Gasteiger partial charge in [-0.15, -0.1) is 0 Å². The maximum absolute atomic E-state index is 12.1. The molecule has 1 saturated carbocycles. The highest BCUT2D eigenvalue weighted by molar-refractivity contribution is 5.82. The van der Waals surface area contributed by atoms with E-state index in [2.05, 4.69) is 20.8 Å². The second-order valence-electron chi connectivity index (χ2n) is 8.30. The SMILES string of the molecule is COC(=O)[C@H]1C[C@@H](CCCC(C)CCCC(C)C)CC[C@H]1C(=O)OC. The van der Waals surface area contributed by atoms with Gasteiger partial charge in [-0.3, -0.25) is 9.59 Å². The minimum Gasteiger partial charge on any atom is -0.469 e. The summed E-state index contributed by atoms with van der Waals surface area (Å²) in [7, 11) is 2.79. The fraction of sp³-hybridized carbons (Fsp3) is 0.905. The molecule has 146 valence electrons. The van der Waals surface area contributed by atoms with Crippen molar-refractivity contribution in [2.45, 2.75) is 78.6 Å². The molecule has 0 bridgehead atoms. The minimum absolute atomic E-state index is 0.262. The van der Waals surface area contributed by atoms with Crippen molar-refractivity contribution in [1.29, 1.82) is 0 Å². The van der Waals surface area contributed by atoms with Crippen LogP contribution in [-0.4, -0.2) is 26.2 Å². The largest absolute Gasteiger partial charge is 0.469 e. The number of rotatable bonds is 10. The summed E-state index contributed by atoms with van der Waals surface area (Å²) in [4.78, 5) is 24.0. The Kier molecular flexibility index (Phi) is 10.1. The molecule has 0 heterocycles. The summed E-state index contributed by atoms with van der Waals surface area (Å²) in [6.07, 6.45) is 10.1. The van der Waals surface area contributed by atoms with E-state index in [4.69, 9.17) is 9.47 Å². The second kappa shape index (κ2) is 11.5. The molecular weight excluding hydrogens is 316 g/mol. The lowest BCUT2D eigenvalue weighted by atomic mass is 9.72. The lowest BCUT2D eigenvalue weighted by Crippen LogP contribution is -2.37. The molecule has 25 heavy (non-hydrogen) atoms. The Morgan fingerprint density at radius 1 is 0.880 bits per heavy atom. The van der Waals surface area contributed by atoms with Crippen LogP contribution in [-0.2, 0) is 19.1 Å². The molecule has 4 heteroatoms. The molecule has 0 N–H and O–H groups in total. The van der Waals surface area contributed by atoms with Crippen LogP contribution in [0.25, 0.3) is 0 Å². The lowest BCUT2D eigenvalue weighted by molar-refractivity contribution is -0.160. The van der Waals surface area contributed by atoms with Gasteiger partial charge in [-0.1, -0.05) is 59.3 Å². The fourth-order valence-electron chi connectivity index (χ4n) is 4.14. The fourth-order valence-corrected chi connectivity index (χ4v) is 4.14. The maximum atomic E-state index is 12.1. The van der Waals surface area contributed by atoms with Crippen LogP contribution in [0, 0.1) is 29.6 Å². The highest BCUT2D eigenvalue weighted by atomic mass is 16.5. The smallest absolute Gasteiger partial charge is 0.309 e. The molecule has 1 rings (SSSR count). The summed E-state index contributed by atoms with van der Waals surface area (Å²) >= 11 is 0. The van der Waals surface area contributed by atoms with Gasteiger partial charge in [0.2, 0.25) is 0 Å². The van der Waals surface area contributed by atoms with Crippen molar-refractivity contribution in [3.8, 4) is 0 Å². The van der Waals surface area contributed by atoms with Gasteiger partial charge in [0.15, 0.2) is 0 Å². The Morgan fingerprint density at radius 2 is 1.48 bits per heavy atom. The van der Waals surface area contributed by atoms with Crippen molar-refractivity contribution < 1.29 is 19.1 Å². The molecule has 0 aromatic carbocycles. The third kappa shape index (κ3) is 7.79. The normalized spacial score (nSPS) is 24.8. The predicted molar refractivity (Wildman–Crippen MR) is 100 cm³/mol. The lowest BCUT2D eigenvalue weighted by Gasteiger charge is -2.33. The molecule has 1 aliphatic rings. The number of methoxy groups -OCH3 is 2. The molecule has 0 amide bonds. The zero-order valence-corrected chi connectivity index (χ0v) is 16.9. The summed E-state index contributed by atoms with van der Waals surface area (Å²) < 4.78 is 9.79. The van der Waals surface area contributed by atoms with Gasteiger partial charge in [-0.2, -0.15) is 0 Å². The molecule has 0 aromatic heterocycles. The molecule has 0 spiro atoms. The summed E-state index contributed by atoms with van der Waals surface area (Å²) in [6.45, 7) is 6.92. The van der Waals surface area contributed by atoms with Gasteiger partial charge >= 0.3 is 11.9 Å². The van der Waals surface area contributed by atoms with Gasteiger partial charge in [0, 0.05) is 0 Å². The molecule has 4 atom stereocenters. The Morgan fingerprint density at radius 3 is 2.08 bits per heavy atom. The summed E-state index contributed by atoms with van der Waals surface area (Å²) in [5.74, 6) is 0.903. The van der Waals surface area contributed by atoms with Gasteiger partial charge in [-0.05, 0) is 37.0 Å². The van der Waals surface area contributed by atoms with E-state index in [0.717, 1.165) is 37.5 Å². The van der Waals surface area contributed by atoms with Crippen molar-refractivity contribution in [2.75, 3.05) is 14.2 Å². The van der Waals surface area contributed by atoms with Crippen LogP contribution in [0.1, 0.15) is 78.6 Å². The van der Waals surface area contributed by atoms with E-state index in [1.54, 1.807) is 0 Å². The number of hydrogen-bond donors (Lipinski definition) is 0. The van der Waals surface area contributed by atoms with Crippen molar-refractivity contribution >= 4 is 11.9 Å². The van der Waals surface area contributed by atoms with Crippen LogP contribution >= 0.6 is 0 Å². The molecule has 0 saturated heterocycles. The third-order valence-electron chi connectivity index (χ3n) is 5.75. The topological polar surface area (TPSA) is 52.6 Å². The first-order valence-electron chi connectivity index (χ1n) is 10.0. The molecule has 1 unspecified atom stereocenters. The van der Waals surface area contributed by atoms with E-state index in [9.17, 15) is 9.59 Å². The molecular formula is C21H38O4. The van der Waals surface area contributed by atoms with E-state index < -0.39 is 0 Å². The van der Waals surface area contributed by atoms with Crippen LogP contribution in [0.3, 0.4) is 0 Å². The first-order valence-corrected chi connectivity index (χ1v) is 10.0. The van der Waals surface area contributed by atoms with E-state index in [1.165, 1.54) is 46.3 Å². The maximum Gasteiger partial charge on any atom is 0.309 e. The number of ether oxygens (including phenoxy) is 2. The number of esters is 2. The van der Waals surface area contributed by atoms with Crippen molar-refractivity contribution in [3.05, 3.63) is 0 Å². The van der Waals surface area contributed by atoms with E-state index in [1.807, 2.05) is 0 Å². The molecule has 4 nitrogen and oxygen atoms in total. The predicted octanol–water partition coefficient (Wildman–Crippen LogP) is 5.00. The number of carbonyl (C=O) groups is 2. The van der Waals surface area contributed by atoms with Crippen molar-refractivity contribution in [2.24, 2.45) is 29.6 Å². The average molecular weight is 355 g/mol. The summed E-state index contributed by atoms with van der Waals surface area (Å²) in [6, 6.07) is 0. The van der Waals surface area contributed by atoms with Gasteiger partial charge in [0.1, 0.15) is 0 Å². The van der Waals surface area contributed by atoms with Crippen LogP contribution in [0.15, 0.2) is 0 Å². The average Bonchev–Trinajstić information content (AvgIpc) is 2.59. The molecule has 1 fully saturated rings. The zero-order valence-electron chi connectivity index (χ0n) is 16.9. The van der Waals surface area contributed by atoms with Gasteiger partial charge in [0.05, 0.1) is 26.1 Å². The standard InChI is InChI=1S/C21H38O4/c1-15(2)8-6-9-16(3)10-7-11-17-12-13-18(20(22)24-4)19(14-17)21(23)25-5/h15-19H,6-14H2,1-5H3/t16?,17-,18+,19-/m0/s1. The number of hydrogen-bond acceptors (Lipinski definition) is 4. The quantitative estimate of drug-likeness (QED) is 0.518.